The molecule has 1 aliphatic carbocycles. The van der Waals surface area contributed by atoms with E-state index in [4.69, 9.17) is 4.99 Å². The minimum absolute atomic E-state index is 0. The number of halogens is 1. The van der Waals surface area contributed by atoms with Gasteiger partial charge in [-0.05, 0) is 38.5 Å². The molecule has 0 unspecified atom stereocenters. The van der Waals surface area contributed by atoms with Crippen LogP contribution in [-0.4, -0.2) is 25.6 Å². The Hall–Kier alpha value is 0. The van der Waals surface area contributed by atoms with Gasteiger partial charge in [0, 0.05) is 19.6 Å². The van der Waals surface area contributed by atoms with Crippen molar-refractivity contribution in [1.82, 2.24) is 10.6 Å². The molecule has 3 nitrogen and oxygen atoms in total. The van der Waals surface area contributed by atoms with Crippen LogP contribution in [0.5, 0.6) is 0 Å². The molecule has 0 saturated heterocycles. The third-order valence-corrected chi connectivity index (χ3v) is 3.68. The van der Waals surface area contributed by atoms with Crippen LogP contribution in [0, 0.1) is 5.41 Å². The fourth-order valence-electron chi connectivity index (χ4n) is 2.50. The molecular weight excluding hydrogens is 325 g/mol. The van der Waals surface area contributed by atoms with Crippen molar-refractivity contribution < 1.29 is 0 Å². The molecule has 1 rings (SSSR count). The highest BCUT2D eigenvalue weighted by Crippen LogP contribution is 2.41. The Bertz CT molecular complexity index is 215. The summed E-state index contributed by atoms with van der Waals surface area (Å²) in [5.74, 6) is 0.977. The van der Waals surface area contributed by atoms with Gasteiger partial charge in [-0.25, -0.2) is 0 Å². The van der Waals surface area contributed by atoms with Gasteiger partial charge < -0.3 is 10.6 Å². The van der Waals surface area contributed by atoms with Gasteiger partial charge in [0.15, 0.2) is 5.96 Å². The fourth-order valence-corrected chi connectivity index (χ4v) is 2.50. The molecule has 0 spiro atoms. The highest BCUT2D eigenvalue weighted by Gasteiger charge is 2.31. The Morgan fingerprint density at radius 3 is 2.00 bits per heavy atom. The number of guanidine groups is 1. The molecule has 17 heavy (non-hydrogen) atoms. The van der Waals surface area contributed by atoms with Crippen LogP contribution in [0.2, 0.25) is 0 Å². The molecule has 0 bridgehead atoms. The normalized spacial score (nSPS) is 17.1. The van der Waals surface area contributed by atoms with E-state index in [0.717, 1.165) is 25.6 Å². The lowest BCUT2D eigenvalue weighted by Gasteiger charge is -2.25. The predicted molar refractivity (Wildman–Crippen MR) is 86.3 cm³/mol. The number of rotatable bonds is 5. The molecule has 0 aliphatic heterocycles. The maximum atomic E-state index is 4.72. The number of nitrogens with zero attached hydrogens (tertiary/aromatic N) is 1. The second kappa shape index (κ2) is 9.00. The summed E-state index contributed by atoms with van der Waals surface area (Å²) in [7, 11) is 0. The Morgan fingerprint density at radius 2 is 1.59 bits per heavy atom. The van der Waals surface area contributed by atoms with Crippen molar-refractivity contribution in [2.24, 2.45) is 10.4 Å². The highest BCUT2D eigenvalue weighted by atomic mass is 127. The monoisotopic (exact) mass is 353 g/mol. The summed E-state index contributed by atoms with van der Waals surface area (Å²) in [6.07, 6.45) is 6.77. The Kier molecular flexibility index (Phi) is 9.00. The Morgan fingerprint density at radius 1 is 1.06 bits per heavy atom. The molecule has 2 N–H and O–H groups in total. The number of nitrogens with one attached hydrogen (secondary N) is 2. The third kappa shape index (κ3) is 5.44. The van der Waals surface area contributed by atoms with Gasteiger partial charge in [-0.3, -0.25) is 4.99 Å². The zero-order valence-corrected chi connectivity index (χ0v) is 13.8. The van der Waals surface area contributed by atoms with E-state index >= 15 is 0 Å². The number of aliphatic imine (C=N–C) groups is 1. The standard InChI is InChI=1S/C13H27N3.HI/c1-4-13(9-7-8-10-13)11-16-12(14-5-2)15-6-3;/h4-11H2,1-3H3,(H2,14,15,16);1H. The van der Waals surface area contributed by atoms with Crippen LogP contribution in [0.15, 0.2) is 4.99 Å². The molecule has 0 aromatic carbocycles. The van der Waals surface area contributed by atoms with Crippen LogP contribution < -0.4 is 10.6 Å². The van der Waals surface area contributed by atoms with Crippen LogP contribution >= 0.6 is 24.0 Å². The van der Waals surface area contributed by atoms with E-state index in [9.17, 15) is 0 Å². The topological polar surface area (TPSA) is 36.4 Å². The molecule has 0 aromatic heterocycles. The summed E-state index contributed by atoms with van der Waals surface area (Å²) in [6.45, 7) is 9.38. The van der Waals surface area contributed by atoms with Crippen molar-refractivity contribution in [2.45, 2.75) is 52.9 Å². The molecule has 0 heterocycles. The SMILES string of the molecule is CCNC(=NCC1(CC)CCCC1)NCC.I. The van der Waals surface area contributed by atoms with E-state index in [2.05, 4.69) is 31.4 Å². The van der Waals surface area contributed by atoms with Crippen LogP contribution in [-0.2, 0) is 0 Å². The fraction of sp³-hybridized carbons (Fsp3) is 0.923. The van der Waals surface area contributed by atoms with E-state index in [1.165, 1.54) is 32.1 Å². The van der Waals surface area contributed by atoms with Crippen LogP contribution in [0.3, 0.4) is 0 Å². The Labute approximate surface area is 123 Å². The van der Waals surface area contributed by atoms with Crippen molar-refractivity contribution in [2.75, 3.05) is 19.6 Å². The maximum absolute atomic E-state index is 4.72. The first-order valence-electron chi connectivity index (χ1n) is 6.78. The van der Waals surface area contributed by atoms with E-state index in [1.54, 1.807) is 0 Å². The van der Waals surface area contributed by atoms with Gasteiger partial charge in [-0.15, -0.1) is 24.0 Å². The van der Waals surface area contributed by atoms with Crippen molar-refractivity contribution in [1.29, 1.82) is 0 Å². The van der Waals surface area contributed by atoms with Gasteiger partial charge in [0.1, 0.15) is 0 Å². The molecule has 0 atom stereocenters. The van der Waals surface area contributed by atoms with Gasteiger partial charge in [0.05, 0.1) is 0 Å². The van der Waals surface area contributed by atoms with Gasteiger partial charge in [-0.2, -0.15) is 0 Å². The Balaban J connectivity index is 0.00000256. The summed E-state index contributed by atoms with van der Waals surface area (Å²) in [4.78, 5) is 4.72. The lowest BCUT2D eigenvalue weighted by molar-refractivity contribution is 0.297. The van der Waals surface area contributed by atoms with Crippen LogP contribution in [0.25, 0.3) is 0 Å². The zero-order valence-electron chi connectivity index (χ0n) is 11.5. The largest absolute Gasteiger partial charge is 0.357 e. The summed E-state index contributed by atoms with van der Waals surface area (Å²) in [5.41, 5.74) is 0.496. The molecule has 102 valence electrons. The zero-order chi connectivity index (χ0) is 11.9. The minimum atomic E-state index is 0. The molecule has 0 aromatic rings. The van der Waals surface area contributed by atoms with E-state index in [-0.39, 0.29) is 24.0 Å². The predicted octanol–water partition coefficient (Wildman–Crippen LogP) is 3.15. The lowest BCUT2D eigenvalue weighted by atomic mass is 9.84. The maximum Gasteiger partial charge on any atom is 0.191 e. The highest BCUT2D eigenvalue weighted by molar-refractivity contribution is 14.0. The first kappa shape index (κ1) is 17.0. The van der Waals surface area contributed by atoms with E-state index in [1.807, 2.05) is 0 Å². The smallest absolute Gasteiger partial charge is 0.191 e. The van der Waals surface area contributed by atoms with Gasteiger partial charge in [-0.1, -0.05) is 19.8 Å². The molecule has 0 amide bonds. The summed E-state index contributed by atoms with van der Waals surface area (Å²) < 4.78 is 0. The van der Waals surface area contributed by atoms with Crippen LogP contribution in [0.4, 0.5) is 0 Å². The molecule has 0 radical (unpaired) electrons. The second-order valence-corrected chi connectivity index (χ2v) is 4.79. The number of hydrogen-bond acceptors (Lipinski definition) is 1. The van der Waals surface area contributed by atoms with Crippen molar-refractivity contribution in [3.8, 4) is 0 Å². The van der Waals surface area contributed by atoms with Crippen molar-refractivity contribution >= 4 is 29.9 Å². The average molecular weight is 353 g/mol. The molecule has 1 saturated carbocycles. The lowest BCUT2D eigenvalue weighted by Crippen LogP contribution is -2.38. The minimum Gasteiger partial charge on any atom is -0.357 e. The van der Waals surface area contributed by atoms with Crippen molar-refractivity contribution in [3.63, 3.8) is 0 Å². The second-order valence-electron chi connectivity index (χ2n) is 4.79. The average Bonchev–Trinajstić information content (AvgIpc) is 2.76. The third-order valence-electron chi connectivity index (χ3n) is 3.68. The first-order chi connectivity index (χ1) is 7.76. The van der Waals surface area contributed by atoms with Crippen LogP contribution in [0.1, 0.15) is 52.9 Å². The van der Waals surface area contributed by atoms with Crippen molar-refractivity contribution in [3.05, 3.63) is 0 Å². The summed E-state index contributed by atoms with van der Waals surface area (Å²) in [6, 6.07) is 0. The van der Waals surface area contributed by atoms with Gasteiger partial charge >= 0.3 is 0 Å². The molecule has 1 fully saturated rings. The number of hydrogen-bond donors (Lipinski definition) is 2. The first-order valence-corrected chi connectivity index (χ1v) is 6.78. The molecule has 1 aliphatic rings. The summed E-state index contributed by atoms with van der Waals surface area (Å²) in [5, 5.41) is 6.58. The molecular formula is C13H28IN3. The van der Waals surface area contributed by atoms with E-state index in [0.29, 0.717) is 5.41 Å². The van der Waals surface area contributed by atoms with Gasteiger partial charge in [0.2, 0.25) is 0 Å². The quantitative estimate of drug-likeness (QED) is 0.453. The molecule has 4 heteroatoms. The summed E-state index contributed by atoms with van der Waals surface area (Å²) >= 11 is 0. The van der Waals surface area contributed by atoms with E-state index < -0.39 is 0 Å². The van der Waals surface area contributed by atoms with Gasteiger partial charge in [0.25, 0.3) is 0 Å².